The molecule has 0 unspecified atom stereocenters. The lowest BCUT2D eigenvalue weighted by Gasteiger charge is -2.09. The first kappa shape index (κ1) is 14.3. The minimum atomic E-state index is -3.20. The Balaban J connectivity index is 2.20. The van der Waals surface area contributed by atoms with E-state index in [0.717, 1.165) is 16.3 Å². The average Bonchev–Trinajstić information content (AvgIpc) is 2.72. The maximum Gasteiger partial charge on any atom is 0.175 e. The Morgan fingerprint density at radius 3 is 2.74 bits per heavy atom. The number of thiazole rings is 1. The first-order valence-electron chi connectivity index (χ1n) is 5.51. The van der Waals surface area contributed by atoms with E-state index in [9.17, 15) is 8.42 Å². The maximum atomic E-state index is 11.5. The van der Waals surface area contributed by atoms with Gasteiger partial charge >= 0.3 is 0 Å². The topological polar surface area (TPSA) is 59.1 Å². The molecule has 0 atom stereocenters. The number of hydrogen-bond donors (Lipinski definition) is 1. The standard InChI is InChI=1S/C12H13ClN2O2S2/c1-8-3-4-9(19(2,16)17)5-10(8)14-7-12-15-6-11(13)18-12/h3-6,14H,7H2,1-2H3. The third-order valence-electron chi connectivity index (χ3n) is 2.59. The molecule has 102 valence electrons. The van der Waals surface area contributed by atoms with E-state index in [0.29, 0.717) is 15.8 Å². The van der Waals surface area contributed by atoms with E-state index in [2.05, 4.69) is 10.3 Å². The Bertz CT molecular complexity index is 696. The van der Waals surface area contributed by atoms with Gasteiger partial charge in [-0.05, 0) is 24.6 Å². The Morgan fingerprint density at radius 2 is 2.16 bits per heavy atom. The number of aromatic nitrogens is 1. The molecule has 0 bridgehead atoms. The van der Waals surface area contributed by atoms with Crippen LogP contribution in [-0.2, 0) is 16.4 Å². The SMILES string of the molecule is Cc1ccc(S(C)(=O)=O)cc1NCc1ncc(Cl)s1. The molecule has 0 radical (unpaired) electrons. The summed E-state index contributed by atoms with van der Waals surface area (Å²) in [4.78, 5) is 4.44. The van der Waals surface area contributed by atoms with Gasteiger partial charge in [0.25, 0.3) is 0 Å². The third kappa shape index (κ3) is 3.68. The molecule has 4 nitrogen and oxygen atoms in total. The van der Waals surface area contributed by atoms with Crippen molar-refractivity contribution in [2.45, 2.75) is 18.4 Å². The molecule has 0 aliphatic carbocycles. The Kier molecular flexibility index (Phi) is 4.13. The number of sulfone groups is 1. The lowest BCUT2D eigenvalue weighted by Crippen LogP contribution is -2.03. The highest BCUT2D eigenvalue weighted by Crippen LogP contribution is 2.23. The third-order valence-corrected chi connectivity index (χ3v) is 4.82. The van der Waals surface area contributed by atoms with Crippen molar-refractivity contribution in [2.24, 2.45) is 0 Å². The van der Waals surface area contributed by atoms with Crippen LogP contribution in [0.5, 0.6) is 0 Å². The number of aryl methyl sites for hydroxylation is 1. The Hall–Kier alpha value is -1.11. The molecule has 2 aromatic rings. The van der Waals surface area contributed by atoms with Crippen LogP contribution in [-0.4, -0.2) is 19.7 Å². The molecule has 19 heavy (non-hydrogen) atoms. The highest BCUT2D eigenvalue weighted by Gasteiger charge is 2.09. The van der Waals surface area contributed by atoms with Crippen LogP contribution in [0.3, 0.4) is 0 Å². The summed E-state index contributed by atoms with van der Waals surface area (Å²) in [6.07, 6.45) is 2.80. The summed E-state index contributed by atoms with van der Waals surface area (Å²) >= 11 is 7.20. The normalized spacial score (nSPS) is 11.5. The smallest absolute Gasteiger partial charge is 0.175 e. The molecule has 0 fully saturated rings. The summed E-state index contributed by atoms with van der Waals surface area (Å²) in [5.74, 6) is 0. The number of rotatable bonds is 4. The second-order valence-corrected chi connectivity index (χ2v) is 7.92. The molecule has 2 rings (SSSR count). The molecule has 0 aliphatic heterocycles. The molecular formula is C12H13ClN2O2S2. The van der Waals surface area contributed by atoms with Crippen LogP contribution in [0.2, 0.25) is 4.34 Å². The van der Waals surface area contributed by atoms with Crippen molar-refractivity contribution >= 4 is 38.5 Å². The van der Waals surface area contributed by atoms with Gasteiger partial charge in [-0.2, -0.15) is 0 Å². The van der Waals surface area contributed by atoms with E-state index in [1.54, 1.807) is 24.4 Å². The molecule has 1 aromatic carbocycles. The number of hydrogen-bond acceptors (Lipinski definition) is 5. The van der Waals surface area contributed by atoms with Crippen molar-refractivity contribution in [3.63, 3.8) is 0 Å². The van der Waals surface area contributed by atoms with Crippen LogP contribution in [0.4, 0.5) is 5.69 Å². The molecule has 1 heterocycles. The van der Waals surface area contributed by atoms with Gasteiger partial charge in [-0.25, -0.2) is 13.4 Å². The zero-order chi connectivity index (χ0) is 14.0. The summed E-state index contributed by atoms with van der Waals surface area (Å²) in [6.45, 7) is 2.44. The zero-order valence-electron chi connectivity index (χ0n) is 10.5. The molecule has 0 saturated carbocycles. The van der Waals surface area contributed by atoms with Gasteiger partial charge in [0.05, 0.1) is 17.6 Å². The van der Waals surface area contributed by atoms with E-state index in [4.69, 9.17) is 11.6 Å². The molecule has 1 aromatic heterocycles. The van der Waals surface area contributed by atoms with Gasteiger partial charge in [-0.3, -0.25) is 0 Å². The van der Waals surface area contributed by atoms with E-state index in [-0.39, 0.29) is 0 Å². The van der Waals surface area contributed by atoms with Gasteiger partial charge in [0, 0.05) is 11.9 Å². The number of anilines is 1. The van der Waals surface area contributed by atoms with Crippen molar-refractivity contribution in [1.82, 2.24) is 4.98 Å². The highest BCUT2D eigenvalue weighted by molar-refractivity contribution is 7.90. The van der Waals surface area contributed by atoms with Crippen LogP contribution in [0.1, 0.15) is 10.6 Å². The van der Waals surface area contributed by atoms with Gasteiger partial charge in [-0.1, -0.05) is 17.7 Å². The van der Waals surface area contributed by atoms with Gasteiger partial charge in [-0.15, -0.1) is 11.3 Å². The number of nitrogens with one attached hydrogen (secondary N) is 1. The van der Waals surface area contributed by atoms with Crippen molar-refractivity contribution < 1.29 is 8.42 Å². The molecule has 0 aliphatic rings. The van der Waals surface area contributed by atoms with Gasteiger partial charge in [0.2, 0.25) is 0 Å². The Labute approximate surface area is 121 Å². The van der Waals surface area contributed by atoms with Crippen LogP contribution in [0, 0.1) is 6.92 Å². The first-order valence-corrected chi connectivity index (χ1v) is 8.59. The molecule has 0 amide bonds. The minimum absolute atomic E-state index is 0.303. The van der Waals surface area contributed by atoms with Crippen LogP contribution < -0.4 is 5.32 Å². The van der Waals surface area contributed by atoms with Crippen LogP contribution >= 0.6 is 22.9 Å². The summed E-state index contributed by atoms with van der Waals surface area (Å²) in [5, 5.41) is 4.04. The fourth-order valence-electron chi connectivity index (χ4n) is 1.56. The van der Waals surface area contributed by atoms with Crippen molar-refractivity contribution in [1.29, 1.82) is 0 Å². The van der Waals surface area contributed by atoms with E-state index in [1.165, 1.54) is 17.6 Å². The maximum absolute atomic E-state index is 11.5. The summed E-state index contributed by atoms with van der Waals surface area (Å²) in [5.41, 5.74) is 1.77. The second-order valence-electron chi connectivity index (χ2n) is 4.16. The predicted octanol–water partition coefficient (Wildman–Crippen LogP) is 3.12. The lowest BCUT2D eigenvalue weighted by molar-refractivity contribution is 0.602. The van der Waals surface area contributed by atoms with Gasteiger partial charge in [0.1, 0.15) is 9.34 Å². The quantitative estimate of drug-likeness (QED) is 0.941. The predicted molar refractivity (Wildman–Crippen MR) is 78.7 cm³/mol. The summed E-state index contributed by atoms with van der Waals surface area (Å²) in [7, 11) is -3.20. The fraction of sp³-hybridized carbons (Fsp3) is 0.250. The summed E-state index contributed by atoms with van der Waals surface area (Å²) < 4.78 is 23.7. The van der Waals surface area contributed by atoms with Gasteiger partial charge < -0.3 is 5.32 Å². The number of nitrogens with zero attached hydrogens (tertiary/aromatic N) is 1. The summed E-state index contributed by atoms with van der Waals surface area (Å²) in [6, 6.07) is 5.03. The van der Waals surface area contributed by atoms with Crippen LogP contribution in [0.15, 0.2) is 29.3 Å². The number of halogens is 1. The highest BCUT2D eigenvalue weighted by atomic mass is 35.5. The molecule has 0 spiro atoms. The van der Waals surface area contributed by atoms with E-state index < -0.39 is 9.84 Å². The first-order chi connectivity index (χ1) is 8.86. The zero-order valence-corrected chi connectivity index (χ0v) is 12.9. The number of benzene rings is 1. The molecule has 7 heteroatoms. The monoisotopic (exact) mass is 316 g/mol. The Morgan fingerprint density at radius 1 is 1.42 bits per heavy atom. The molecule has 0 saturated heterocycles. The van der Waals surface area contributed by atoms with Crippen molar-refractivity contribution in [2.75, 3.05) is 11.6 Å². The van der Waals surface area contributed by atoms with E-state index in [1.807, 2.05) is 6.92 Å². The minimum Gasteiger partial charge on any atom is -0.378 e. The van der Waals surface area contributed by atoms with E-state index >= 15 is 0 Å². The molecular weight excluding hydrogens is 304 g/mol. The van der Waals surface area contributed by atoms with Crippen LogP contribution in [0.25, 0.3) is 0 Å². The lowest BCUT2D eigenvalue weighted by atomic mass is 10.2. The fourth-order valence-corrected chi connectivity index (χ4v) is 3.11. The van der Waals surface area contributed by atoms with Crippen molar-refractivity contribution in [3.8, 4) is 0 Å². The second kappa shape index (κ2) is 5.48. The average molecular weight is 317 g/mol. The van der Waals surface area contributed by atoms with Crippen molar-refractivity contribution in [3.05, 3.63) is 39.3 Å². The molecule has 1 N–H and O–H groups in total. The largest absolute Gasteiger partial charge is 0.378 e. The van der Waals surface area contributed by atoms with Gasteiger partial charge in [0.15, 0.2) is 9.84 Å².